The molecule has 0 saturated heterocycles. The Balaban J connectivity index is 4.11. The molecular weight excluding hydrogens is 203 g/mol. The van der Waals surface area contributed by atoms with Gasteiger partial charge in [-0.2, -0.15) is 22.0 Å². The molecule has 0 aliphatic heterocycles. The van der Waals surface area contributed by atoms with Crippen molar-refractivity contribution in [3.63, 3.8) is 0 Å². The number of carbonyl (C=O) groups is 1. The number of amides is 1. The third-order valence-electron chi connectivity index (χ3n) is 0.813. The van der Waals surface area contributed by atoms with Crippen molar-refractivity contribution in [2.75, 3.05) is 6.61 Å². The van der Waals surface area contributed by atoms with Crippen LogP contribution in [0, 0.1) is 0 Å². The van der Waals surface area contributed by atoms with Gasteiger partial charge in [-0.3, -0.25) is 10.2 Å². The number of hydrogen-bond acceptors (Lipinski definition) is 3. The van der Waals surface area contributed by atoms with Gasteiger partial charge in [0.25, 0.3) is 0 Å². The quantitative estimate of drug-likeness (QED) is 0.300. The highest BCUT2D eigenvalue weighted by Gasteiger charge is 2.43. The molecule has 0 aromatic rings. The lowest BCUT2D eigenvalue weighted by Crippen LogP contribution is -2.46. The molecule has 78 valence electrons. The molecule has 9 heteroatoms. The van der Waals surface area contributed by atoms with Crippen LogP contribution in [0.5, 0.6) is 0 Å². The van der Waals surface area contributed by atoms with Crippen LogP contribution < -0.4 is 11.3 Å². The van der Waals surface area contributed by atoms with Gasteiger partial charge >= 0.3 is 18.2 Å². The molecule has 4 nitrogen and oxygen atoms in total. The Bertz CT molecular complexity index is 191. The van der Waals surface area contributed by atoms with E-state index in [0.717, 1.165) is 5.43 Å². The van der Waals surface area contributed by atoms with Crippen molar-refractivity contribution in [2.24, 2.45) is 5.84 Å². The maximum Gasteiger partial charge on any atom is 0.438 e. The van der Waals surface area contributed by atoms with Gasteiger partial charge in [0.05, 0.1) is 0 Å². The summed E-state index contributed by atoms with van der Waals surface area (Å²) in [5.41, 5.74) is 0.960. The number of halogens is 5. The molecule has 0 aromatic heterocycles. The molecular formula is C4H5F5N2O2. The third kappa shape index (κ3) is 4.58. The lowest BCUT2D eigenvalue weighted by Gasteiger charge is -2.15. The number of hydrogen-bond donors (Lipinski definition) is 2. The molecule has 0 spiro atoms. The molecule has 0 rings (SSSR count). The van der Waals surface area contributed by atoms with Crippen molar-refractivity contribution in [1.29, 1.82) is 0 Å². The van der Waals surface area contributed by atoms with E-state index in [-0.39, 0.29) is 0 Å². The van der Waals surface area contributed by atoms with Crippen molar-refractivity contribution in [3.8, 4) is 0 Å². The van der Waals surface area contributed by atoms with Gasteiger partial charge in [-0.15, -0.1) is 0 Å². The summed E-state index contributed by atoms with van der Waals surface area (Å²) in [6.45, 7) is -2.23. The van der Waals surface area contributed by atoms with Crippen LogP contribution in [-0.4, -0.2) is 24.8 Å². The minimum absolute atomic E-state index is 0.960. The van der Waals surface area contributed by atoms with Crippen LogP contribution in [-0.2, 0) is 9.53 Å². The molecule has 0 unspecified atom stereocenters. The van der Waals surface area contributed by atoms with E-state index < -0.39 is 24.8 Å². The minimum atomic E-state index is -4.93. The van der Waals surface area contributed by atoms with Crippen LogP contribution in [0.2, 0.25) is 0 Å². The molecule has 0 radical (unpaired) electrons. The van der Waals surface area contributed by atoms with Gasteiger partial charge < -0.3 is 4.74 Å². The van der Waals surface area contributed by atoms with Gasteiger partial charge in [-0.05, 0) is 0 Å². The topological polar surface area (TPSA) is 64.3 Å². The van der Waals surface area contributed by atoms with E-state index in [1.165, 1.54) is 0 Å². The number of rotatable bonds is 3. The first-order chi connectivity index (χ1) is 5.69. The Morgan fingerprint density at radius 2 is 1.77 bits per heavy atom. The second-order valence-corrected chi connectivity index (χ2v) is 1.89. The Morgan fingerprint density at radius 1 is 1.31 bits per heavy atom. The summed E-state index contributed by atoms with van der Waals surface area (Å²) in [5.74, 6) is 2.11. The molecule has 13 heavy (non-hydrogen) atoms. The van der Waals surface area contributed by atoms with Crippen molar-refractivity contribution in [2.45, 2.75) is 12.3 Å². The molecule has 0 aliphatic carbocycles. The van der Waals surface area contributed by atoms with Crippen molar-refractivity contribution in [1.82, 2.24) is 5.43 Å². The minimum Gasteiger partial charge on any atom is -0.303 e. The molecule has 0 heterocycles. The highest BCUT2D eigenvalue weighted by Crippen LogP contribution is 2.21. The van der Waals surface area contributed by atoms with Gasteiger partial charge in [0, 0.05) is 0 Å². The van der Waals surface area contributed by atoms with E-state index in [1.54, 1.807) is 0 Å². The summed E-state index contributed by atoms with van der Waals surface area (Å²) in [6, 6.07) is 0. The smallest absolute Gasteiger partial charge is 0.303 e. The fraction of sp³-hybridized carbons (Fsp3) is 0.750. The summed E-state index contributed by atoms with van der Waals surface area (Å²) in [7, 11) is 0. The largest absolute Gasteiger partial charge is 0.438 e. The van der Waals surface area contributed by atoms with E-state index >= 15 is 0 Å². The van der Waals surface area contributed by atoms with E-state index in [1.807, 2.05) is 0 Å². The Labute approximate surface area is 68.8 Å². The summed E-state index contributed by atoms with van der Waals surface area (Å²) < 4.78 is 61.3. The van der Waals surface area contributed by atoms with Gasteiger partial charge in [0.15, 0.2) is 0 Å². The first kappa shape index (κ1) is 12.0. The van der Waals surface area contributed by atoms with Crippen LogP contribution in [0.15, 0.2) is 0 Å². The number of nitrogens with two attached hydrogens (primary N) is 1. The zero-order chi connectivity index (χ0) is 10.7. The van der Waals surface area contributed by atoms with Crippen LogP contribution >= 0.6 is 0 Å². The molecule has 0 atom stereocenters. The highest BCUT2D eigenvalue weighted by atomic mass is 19.4. The number of hydrazine groups is 1. The summed E-state index contributed by atoms with van der Waals surface area (Å²) in [6.07, 6.45) is -9.51. The maximum atomic E-state index is 12.1. The van der Waals surface area contributed by atoms with E-state index in [2.05, 4.69) is 10.6 Å². The van der Waals surface area contributed by atoms with Crippen molar-refractivity contribution >= 4 is 5.91 Å². The first-order valence-electron chi connectivity index (χ1n) is 2.78. The number of carbonyl (C=O) groups excluding carboxylic acids is 1. The van der Waals surface area contributed by atoms with Gasteiger partial charge in [0.2, 0.25) is 0 Å². The number of nitrogens with one attached hydrogen (secondary N) is 1. The van der Waals surface area contributed by atoms with Gasteiger partial charge in [-0.1, -0.05) is 0 Å². The average Bonchev–Trinajstić information content (AvgIpc) is 1.98. The molecule has 0 aliphatic rings. The number of ether oxygens (including phenoxy) is 1. The second-order valence-electron chi connectivity index (χ2n) is 1.89. The van der Waals surface area contributed by atoms with Gasteiger partial charge in [-0.25, -0.2) is 5.84 Å². The highest BCUT2D eigenvalue weighted by molar-refractivity contribution is 5.81. The summed E-state index contributed by atoms with van der Waals surface area (Å²) in [5, 5.41) is 0. The van der Waals surface area contributed by atoms with E-state index in [0.29, 0.717) is 0 Å². The number of alkyl halides is 5. The van der Waals surface area contributed by atoms with Crippen LogP contribution in [0.1, 0.15) is 0 Å². The fourth-order valence-corrected chi connectivity index (χ4v) is 0.322. The monoisotopic (exact) mass is 208 g/mol. The molecule has 1 amide bonds. The molecule has 0 saturated carbocycles. The first-order valence-corrected chi connectivity index (χ1v) is 2.78. The Morgan fingerprint density at radius 3 is 2.08 bits per heavy atom. The maximum absolute atomic E-state index is 12.1. The predicted molar refractivity (Wildman–Crippen MR) is 29.3 cm³/mol. The summed E-state index contributed by atoms with van der Waals surface area (Å²) >= 11 is 0. The molecule has 0 bridgehead atoms. The zero-order valence-corrected chi connectivity index (χ0v) is 5.99. The lowest BCUT2D eigenvalue weighted by atomic mass is 10.6. The van der Waals surface area contributed by atoms with Gasteiger partial charge in [0.1, 0.15) is 6.61 Å². The third-order valence-corrected chi connectivity index (χ3v) is 0.813. The summed E-state index contributed by atoms with van der Waals surface area (Å²) in [4.78, 5) is 10.1. The zero-order valence-electron chi connectivity index (χ0n) is 5.99. The predicted octanol–water partition coefficient (Wildman–Crippen LogP) is 0.148. The average molecular weight is 208 g/mol. The van der Waals surface area contributed by atoms with Crippen molar-refractivity contribution in [3.05, 3.63) is 0 Å². The van der Waals surface area contributed by atoms with Crippen LogP contribution in [0.25, 0.3) is 0 Å². The standard InChI is InChI=1S/C4H5F5N2O2/c5-3(6,7)1-13-4(8,9)2(12)11-10/h1,10H2,(H,11,12). The lowest BCUT2D eigenvalue weighted by molar-refractivity contribution is -0.275. The van der Waals surface area contributed by atoms with E-state index in [9.17, 15) is 26.7 Å². The van der Waals surface area contributed by atoms with Crippen molar-refractivity contribution < 1.29 is 31.5 Å². The Kier molecular flexibility index (Phi) is 3.55. The molecule has 3 N–H and O–H groups in total. The Hall–Kier alpha value is -0.960. The molecule has 0 fully saturated rings. The second kappa shape index (κ2) is 3.83. The fourth-order valence-electron chi connectivity index (χ4n) is 0.322. The van der Waals surface area contributed by atoms with E-state index in [4.69, 9.17) is 0 Å². The van der Waals surface area contributed by atoms with Crippen LogP contribution in [0.3, 0.4) is 0 Å². The van der Waals surface area contributed by atoms with Crippen LogP contribution in [0.4, 0.5) is 22.0 Å². The molecule has 0 aromatic carbocycles. The normalized spacial score (nSPS) is 12.8. The SMILES string of the molecule is NNC(=O)C(F)(F)OCC(F)(F)F.